The van der Waals surface area contributed by atoms with Crippen molar-refractivity contribution < 1.29 is 52.0 Å². The van der Waals surface area contributed by atoms with Gasteiger partial charge >= 0.3 is 6.18 Å². The molecule has 0 unspecified atom stereocenters. The number of methoxy groups -OCH3 is 2. The highest BCUT2D eigenvalue weighted by molar-refractivity contribution is 5.96. The zero-order chi connectivity index (χ0) is 25.9. The molecule has 192 valence electrons. The van der Waals surface area contributed by atoms with E-state index in [1.54, 1.807) is 0 Å². The largest absolute Gasteiger partial charge is 0.493 e. The number of carbonyl (C=O) groups is 3. The van der Waals surface area contributed by atoms with Crippen LogP contribution in [0, 0.1) is 0 Å². The number of aliphatic hydroxyl groups excluding tert-OH is 2. The molecule has 13 heteroatoms. The van der Waals surface area contributed by atoms with Crippen molar-refractivity contribution in [2.45, 2.75) is 30.3 Å². The third-order valence-corrected chi connectivity index (χ3v) is 5.71. The fourth-order valence-corrected chi connectivity index (χ4v) is 4.32. The van der Waals surface area contributed by atoms with Gasteiger partial charge in [-0.2, -0.15) is 13.2 Å². The summed E-state index contributed by atoms with van der Waals surface area (Å²) in [6.07, 6.45) is -6.15. The van der Waals surface area contributed by atoms with E-state index in [2.05, 4.69) is 5.32 Å². The van der Waals surface area contributed by atoms with Crippen LogP contribution in [-0.4, -0.2) is 98.2 Å². The molecule has 2 amide bonds. The van der Waals surface area contributed by atoms with Gasteiger partial charge in [-0.15, -0.1) is 0 Å². The number of fused-ring (bicyclic) bond motifs is 3. The number of rotatable bonds is 9. The fraction of sp³-hybridized carbons (Fsp3) is 0.500. The fourth-order valence-electron chi connectivity index (χ4n) is 4.32. The third kappa shape index (κ3) is 5.41. The van der Waals surface area contributed by atoms with E-state index in [9.17, 15) is 32.7 Å². The van der Waals surface area contributed by atoms with Gasteiger partial charge in [-0.05, 0) is 18.2 Å². The highest BCUT2D eigenvalue weighted by Crippen LogP contribution is 2.51. The Morgan fingerprint density at radius 2 is 2.00 bits per heavy atom. The van der Waals surface area contributed by atoms with Crippen LogP contribution in [0.25, 0.3) is 0 Å². The maximum atomic E-state index is 13.4. The van der Waals surface area contributed by atoms with E-state index in [1.165, 1.54) is 19.2 Å². The number of ether oxygens (including phenoxy) is 3. The van der Waals surface area contributed by atoms with Crippen LogP contribution >= 0.6 is 0 Å². The Morgan fingerprint density at radius 1 is 1.29 bits per heavy atom. The van der Waals surface area contributed by atoms with Crippen LogP contribution in [0.15, 0.2) is 23.8 Å². The van der Waals surface area contributed by atoms with Gasteiger partial charge in [0.15, 0.2) is 11.5 Å². The van der Waals surface area contributed by atoms with Gasteiger partial charge in [-0.25, -0.2) is 0 Å². The molecule has 0 saturated carbocycles. The first kappa shape index (κ1) is 26.4. The van der Waals surface area contributed by atoms with Gasteiger partial charge in [0.05, 0.1) is 25.7 Å². The molecule has 0 spiro atoms. The summed E-state index contributed by atoms with van der Waals surface area (Å²) in [6.45, 7) is -2.95. The monoisotopic (exact) mass is 502 g/mol. The van der Waals surface area contributed by atoms with Gasteiger partial charge in [0.2, 0.25) is 11.8 Å². The van der Waals surface area contributed by atoms with Crippen LogP contribution in [0.1, 0.15) is 21.8 Å². The number of hydrogen-bond acceptors (Lipinski definition) is 8. The quantitative estimate of drug-likeness (QED) is 0.407. The molecule has 0 saturated heterocycles. The smallest absolute Gasteiger partial charge is 0.406 e. The lowest BCUT2D eigenvalue weighted by molar-refractivity contribution is -0.172. The maximum absolute atomic E-state index is 13.4. The average Bonchev–Trinajstić information content (AvgIpc) is 3.20. The van der Waals surface area contributed by atoms with Crippen molar-refractivity contribution in [2.75, 3.05) is 40.5 Å². The van der Waals surface area contributed by atoms with Crippen molar-refractivity contribution in [3.05, 3.63) is 34.9 Å². The van der Waals surface area contributed by atoms with Crippen molar-refractivity contribution in [3.63, 3.8) is 0 Å². The Hall–Kier alpha value is -3.16. The molecule has 3 N–H and O–H groups in total. The van der Waals surface area contributed by atoms with E-state index in [0.29, 0.717) is 16.7 Å². The molecule has 0 fully saturated rings. The first-order valence-corrected chi connectivity index (χ1v) is 10.5. The molecule has 0 radical (unpaired) electrons. The summed E-state index contributed by atoms with van der Waals surface area (Å²) in [5.74, 6) is -2.56. The number of nitrogens with zero attached hydrogens (tertiary/aromatic N) is 1. The minimum absolute atomic E-state index is 0.0972. The number of aldehydes is 1. The summed E-state index contributed by atoms with van der Waals surface area (Å²) >= 11 is 0. The molecule has 10 nitrogen and oxygen atoms in total. The average molecular weight is 502 g/mol. The van der Waals surface area contributed by atoms with Crippen LogP contribution in [-0.2, 0) is 14.3 Å². The molecule has 1 heterocycles. The van der Waals surface area contributed by atoms with Crippen LogP contribution in [0.5, 0.6) is 11.5 Å². The Morgan fingerprint density at radius 3 is 2.57 bits per heavy atom. The molecular weight excluding hydrogens is 477 g/mol. The Balaban J connectivity index is 2.15. The molecule has 1 aromatic carbocycles. The van der Waals surface area contributed by atoms with Crippen molar-refractivity contribution >= 4 is 18.1 Å². The zero-order valence-electron chi connectivity index (χ0n) is 18.9. The summed E-state index contributed by atoms with van der Waals surface area (Å²) in [4.78, 5) is 37.3. The summed E-state index contributed by atoms with van der Waals surface area (Å²) in [5, 5.41) is 22.6. The number of carbonyl (C=O) groups excluding carboxylic acids is 3. The third-order valence-electron chi connectivity index (χ3n) is 5.71. The normalized spacial score (nSPS) is 22.9. The van der Waals surface area contributed by atoms with Crippen LogP contribution in [0.3, 0.4) is 0 Å². The lowest BCUT2D eigenvalue weighted by atomic mass is 9.77. The van der Waals surface area contributed by atoms with Crippen molar-refractivity contribution in [2.24, 2.45) is 0 Å². The molecule has 1 aliphatic carbocycles. The summed E-state index contributed by atoms with van der Waals surface area (Å²) < 4.78 is 55.9. The van der Waals surface area contributed by atoms with Gasteiger partial charge in [0, 0.05) is 30.4 Å². The number of halogens is 3. The number of benzene rings is 1. The Kier molecular flexibility index (Phi) is 8.03. The van der Waals surface area contributed by atoms with E-state index in [1.807, 2.05) is 0 Å². The van der Waals surface area contributed by atoms with Crippen molar-refractivity contribution in [3.8, 4) is 11.5 Å². The molecule has 35 heavy (non-hydrogen) atoms. The van der Waals surface area contributed by atoms with E-state index in [-0.39, 0.29) is 29.2 Å². The molecule has 1 aliphatic heterocycles. The molecule has 0 bridgehead atoms. The summed E-state index contributed by atoms with van der Waals surface area (Å²) in [6, 6.07) is 1.21. The van der Waals surface area contributed by atoms with Gasteiger partial charge in [0.25, 0.3) is 0 Å². The molecule has 0 aromatic heterocycles. The number of hydrogen-bond donors (Lipinski definition) is 3. The van der Waals surface area contributed by atoms with E-state index in [4.69, 9.17) is 19.3 Å². The molecular formula is C22H25F3N2O8. The standard InChI is InChI=1S/C22H25F3N2O8/c1-33-9-16(30)27(10-22(23,24)25)14-7-13(21(32)26-3-4-28)17-12-5-11(8-29)6-15(34-2)19(12)35-20(17)18(14)31/h5-8,14,17-18,20,28,31H,3-4,9-10H2,1-2H3,(H,26,32)/t14-,17+,18+,20+/m1/s1. The minimum Gasteiger partial charge on any atom is -0.493 e. The lowest BCUT2D eigenvalue weighted by Gasteiger charge is -2.40. The molecule has 3 rings (SSSR count). The van der Waals surface area contributed by atoms with Gasteiger partial charge < -0.3 is 34.6 Å². The van der Waals surface area contributed by atoms with Crippen molar-refractivity contribution in [1.29, 1.82) is 0 Å². The van der Waals surface area contributed by atoms with E-state index in [0.717, 1.165) is 13.2 Å². The van der Waals surface area contributed by atoms with Gasteiger partial charge in [0.1, 0.15) is 31.6 Å². The lowest BCUT2D eigenvalue weighted by Crippen LogP contribution is -2.58. The predicted octanol–water partition coefficient (Wildman–Crippen LogP) is 0.168. The first-order valence-electron chi connectivity index (χ1n) is 10.5. The summed E-state index contributed by atoms with van der Waals surface area (Å²) in [7, 11) is 2.45. The second kappa shape index (κ2) is 10.6. The highest BCUT2D eigenvalue weighted by atomic mass is 19.4. The van der Waals surface area contributed by atoms with Crippen LogP contribution in [0.2, 0.25) is 0 Å². The number of alkyl halides is 3. The summed E-state index contributed by atoms with van der Waals surface area (Å²) in [5.41, 5.74) is 0.399. The van der Waals surface area contributed by atoms with Crippen LogP contribution < -0.4 is 14.8 Å². The van der Waals surface area contributed by atoms with Gasteiger partial charge in [-0.1, -0.05) is 0 Å². The topological polar surface area (TPSA) is 135 Å². The first-order chi connectivity index (χ1) is 16.6. The number of aliphatic hydroxyl groups is 2. The highest BCUT2D eigenvalue weighted by Gasteiger charge is 2.52. The van der Waals surface area contributed by atoms with Gasteiger partial charge in [-0.3, -0.25) is 14.4 Å². The van der Waals surface area contributed by atoms with E-state index < -0.39 is 61.9 Å². The van der Waals surface area contributed by atoms with E-state index >= 15 is 0 Å². The van der Waals surface area contributed by atoms with Crippen molar-refractivity contribution in [1.82, 2.24) is 10.2 Å². The second-order valence-corrected chi connectivity index (χ2v) is 7.97. The minimum atomic E-state index is -4.81. The Bertz CT molecular complexity index is 1010. The van der Waals surface area contributed by atoms with Crippen LogP contribution in [0.4, 0.5) is 13.2 Å². The Labute approximate surface area is 198 Å². The maximum Gasteiger partial charge on any atom is 0.406 e. The molecule has 1 aromatic rings. The zero-order valence-corrected chi connectivity index (χ0v) is 18.9. The SMILES string of the molecule is COCC(=O)N(CC(F)(F)F)[C@@H]1C=C(C(=O)NCCO)[C@@H]2c3cc(C=O)cc(OC)c3O[C@@H]2[C@H]1O. The molecule has 4 atom stereocenters. The predicted molar refractivity (Wildman–Crippen MR) is 113 cm³/mol. The second-order valence-electron chi connectivity index (χ2n) is 7.97. The number of amides is 2. The molecule has 2 aliphatic rings. The number of nitrogens with one attached hydrogen (secondary N) is 1.